The van der Waals surface area contributed by atoms with Crippen molar-refractivity contribution in [1.29, 1.82) is 0 Å². The number of rotatable bonds is 7. The molecule has 1 fully saturated rings. The summed E-state index contributed by atoms with van der Waals surface area (Å²) in [5.74, 6) is 2.73. The fourth-order valence-electron chi connectivity index (χ4n) is 3.47. The lowest BCUT2D eigenvalue weighted by atomic mass is 9.99. The van der Waals surface area contributed by atoms with Crippen molar-refractivity contribution in [3.05, 3.63) is 60.0 Å². The van der Waals surface area contributed by atoms with Crippen molar-refractivity contribution in [1.82, 2.24) is 15.0 Å². The number of ether oxygens (including phenoxy) is 2. The van der Waals surface area contributed by atoms with Gasteiger partial charge in [-0.1, -0.05) is 41.9 Å². The molecular weight excluding hydrogens is 394 g/mol. The summed E-state index contributed by atoms with van der Waals surface area (Å²) in [6.07, 6.45) is 2.08. The number of benzene rings is 2. The Morgan fingerprint density at radius 1 is 1.10 bits per heavy atom. The van der Waals surface area contributed by atoms with Gasteiger partial charge >= 0.3 is 0 Å². The number of hydrogen-bond acceptors (Lipinski definition) is 6. The van der Waals surface area contributed by atoms with Crippen molar-refractivity contribution >= 4 is 5.91 Å². The number of piperidine rings is 1. The zero-order chi connectivity index (χ0) is 21.6. The Labute approximate surface area is 182 Å². The molecule has 0 bridgehead atoms. The highest BCUT2D eigenvalue weighted by molar-refractivity contribution is 5.78. The van der Waals surface area contributed by atoms with Crippen LogP contribution in [0.4, 0.5) is 0 Å². The maximum absolute atomic E-state index is 12.5. The van der Waals surface area contributed by atoms with Gasteiger partial charge in [0.05, 0.1) is 5.56 Å². The predicted molar refractivity (Wildman–Crippen MR) is 116 cm³/mol. The highest BCUT2D eigenvalue weighted by Crippen LogP contribution is 2.28. The summed E-state index contributed by atoms with van der Waals surface area (Å²) >= 11 is 0. The van der Waals surface area contributed by atoms with E-state index in [4.69, 9.17) is 14.0 Å². The second-order valence-electron chi connectivity index (χ2n) is 7.96. The maximum atomic E-state index is 12.5. The minimum Gasteiger partial charge on any atom is -0.484 e. The lowest BCUT2D eigenvalue weighted by Gasteiger charge is -2.30. The van der Waals surface area contributed by atoms with Crippen LogP contribution in [0.1, 0.15) is 31.2 Å². The zero-order valence-electron chi connectivity index (χ0n) is 17.9. The van der Waals surface area contributed by atoms with Gasteiger partial charge in [-0.25, -0.2) is 0 Å². The molecule has 1 amide bonds. The molecule has 0 spiro atoms. The Bertz CT molecular complexity index is 1010. The smallest absolute Gasteiger partial charge is 0.264 e. The molecule has 0 unspecified atom stereocenters. The molecule has 7 nitrogen and oxygen atoms in total. The molecule has 1 saturated heterocycles. The number of aryl methyl sites for hydroxylation is 1. The van der Waals surface area contributed by atoms with Gasteiger partial charge in [0.15, 0.2) is 13.2 Å². The summed E-state index contributed by atoms with van der Waals surface area (Å²) in [5, 5.41) is 4.06. The van der Waals surface area contributed by atoms with E-state index in [1.165, 1.54) is 0 Å². The summed E-state index contributed by atoms with van der Waals surface area (Å²) < 4.78 is 16.9. The van der Waals surface area contributed by atoms with Gasteiger partial charge in [-0.3, -0.25) is 4.79 Å². The van der Waals surface area contributed by atoms with Crippen LogP contribution in [-0.4, -0.2) is 40.6 Å². The zero-order valence-corrected chi connectivity index (χ0v) is 17.9. The molecule has 31 heavy (non-hydrogen) atoms. The van der Waals surface area contributed by atoms with Gasteiger partial charge in [-0.05, 0) is 49.9 Å². The van der Waals surface area contributed by atoms with Gasteiger partial charge in [0, 0.05) is 13.1 Å². The Kier molecular flexibility index (Phi) is 6.50. The van der Waals surface area contributed by atoms with Gasteiger partial charge in [-0.15, -0.1) is 0 Å². The molecule has 2 heterocycles. The Balaban J connectivity index is 1.38. The van der Waals surface area contributed by atoms with E-state index in [0.717, 1.165) is 37.2 Å². The molecule has 0 radical (unpaired) electrons. The molecular formula is C24H27N3O4. The third kappa shape index (κ3) is 5.42. The Morgan fingerprint density at radius 3 is 2.61 bits per heavy atom. The number of hydrogen-bond donors (Lipinski definition) is 0. The first-order valence-corrected chi connectivity index (χ1v) is 10.6. The minimum absolute atomic E-state index is 0.00185. The third-order valence-electron chi connectivity index (χ3n) is 5.47. The first-order chi connectivity index (χ1) is 15.1. The van der Waals surface area contributed by atoms with Crippen LogP contribution in [0.5, 0.6) is 11.5 Å². The van der Waals surface area contributed by atoms with Crippen LogP contribution in [0.2, 0.25) is 0 Å². The summed E-state index contributed by atoms with van der Waals surface area (Å²) in [4.78, 5) is 18.8. The van der Waals surface area contributed by atoms with Crippen LogP contribution in [0.25, 0.3) is 11.4 Å². The van der Waals surface area contributed by atoms with Gasteiger partial charge in [0.1, 0.15) is 11.5 Å². The number of carbonyl (C=O) groups is 1. The number of nitrogens with zero attached hydrogens (tertiary/aromatic N) is 3. The van der Waals surface area contributed by atoms with Crippen molar-refractivity contribution in [2.45, 2.75) is 33.3 Å². The van der Waals surface area contributed by atoms with Crippen LogP contribution in [-0.2, 0) is 11.4 Å². The van der Waals surface area contributed by atoms with Crippen molar-refractivity contribution in [2.24, 2.45) is 5.92 Å². The lowest BCUT2D eigenvalue weighted by molar-refractivity contribution is -0.134. The molecule has 0 aliphatic carbocycles. The first-order valence-electron chi connectivity index (χ1n) is 10.6. The summed E-state index contributed by atoms with van der Waals surface area (Å²) in [6, 6.07) is 15.1. The van der Waals surface area contributed by atoms with Gasteiger partial charge in [0.2, 0.25) is 5.82 Å². The van der Waals surface area contributed by atoms with E-state index in [0.29, 0.717) is 28.9 Å². The molecule has 0 N–H and O–H groups in total. The van der Waals surface area contributed by atoms with E-state index in [9.17, 15) is 4.79 Å². The molecule has 4 rings (SSSR count). The Hall–Kier alpha value is -3.35. The largest absolute Gasteiger partial charge is 0.484 e. The SMILES string of the molecule is Cc1ccc(OCc2nc(-c3ccccc3OCC(=O)N3CCC(C)CC3)no2)cc1. The molecule has 1 aliphatic heterocycles. The van der Waals surface area contributed by atoms with Gasteiger partial charge < -0.3 is 18.9 Å². The average Bonchev–Trinajstić information content (AvgIpc) is 3.27. The van der Waals surface area contributed by atoms with Crippen LogP contribution in [0.3, 0.4) is 0 Å². The highest BCUT2D eigenvalue weighted by Gasteiger charge is 2.21. The monoisotopic (exact) mass is 421 g/mol. The van der Waals surface area contributed by atoms with E-state index in [1.807, 2.05) is 54.3 Å². The van der Waals surface area contributed by atoms with Crippen molar-refractivity contribution < 1.29 is 18.8 Å². The first kappa shape index (κ1) is 20.9. The van der Waals surface area contributed by atoms with Gasteiger partial charge in [0.25, 0.3) is 11.8 Å². The number of aromatic nitrogens is 2. The van der Waals surface area contributed by atoms with E-state index in [-0.39, 0.29) is 19.1 Å². The molecule has 0 saturated carbocycles. The van der Waals surface area contributed by atoms with Crippen molar-refractivity contribution in [2.75, 3.05) is 19.7 Å². The molecule has 3 aromatic rings. The van der Waals surface area contributed by atoms with Crippen LogP contribution in [0.15, 0.2) is 53.1 Å². The highest BCUT2D eigenvalue weighted by atomic mass is 16.5. The number of amides is 1. The molecule has 2 aromatic carbocycles. The van der Waals surface area contributed by atoms with E-state index >= 15 is 0 Å². The summed E-state index contributed by atoms with van der Waals surface area (Å²) in [7, 11) is 0. The summed E-state index contributed by atoms with van der Waals surface area (Å²) in [5.41, 5.74) is 1.84. The fraction of sp³-hybridized carbons (Fsp3) is 0.375. The normalized spacial score (nSPS) is 14.5. The van der Waals surface area contributed by atoms with Crippen LogP contribution < -0.4 is 9.47 Å². The third-order valence-corrected chi connectivity index (χ3v) is 5.47. The average molecular weight is 421 g/mol. The maximum Gasteiger partial charge on any atom is 0.264 e. The standard InChI is InChI=1S/C24H27N3O4/c1-17-7-9-19(10-8-17)29-15-22-25-24(26-31-22)20-5-3-4-6-21(20)30-16-23(28)27-13-11-18(2)12-14-27/h3-10,18H,11-16H2,1-2H3. The van der Waals surface area contributed by atoms with Crippen molar-refractivity contribution in [3.63, 3.8) is 0 Å². The second-order valence-corrected chi connectivity index (χ2v) is 7.96. The molecule has 162 valence electrons. The molecule has 7 heteroatoms. The topological polar surface area (TPSA) is 77.7 Å². The quantitative estimate of drug-likeness (QED) is 0.567. The van der Waals surface area contributed by atoms with Crippen LogP contribution >= 0.6 is 0 Å². The number of para-hydroxylation sites is 1. The lowest BCUT2D eigenvalue weighted by Crippen LogP contribution is -2.40. The second kappa shape index (κ2) is 9.64. The number of carbonyl (C=O) groups excluding carboxylic acids is 1. The predicted octanol–water partition coefficient (Wildman–Crippen LogP) is 4.26. The van der Waals surface area contributed by atoms with Crippen LogP contribution in [0, 0.1) is 12.8 Å². The van der Waals surface area contributed by atoms with E-state index < -0.39 is 0 Å². The molecule has 0 atom stereocenters. The van der Waals surface area contributed by atoms with E-state index in [2.05, 4.69) is 17.1 Å². The van der Waals surface area contributed by atoms with Gasteiger partial charge in [-0.2, -0.15) is 4.98 Å². The fourth-order valence-corrected chi connectivity index (χ4v) is 3.47. The number of likely N-dealkylation sites (tertiary alicyclic amines) is 1. The van der Waals surface area contributed by atoms with E-state index in [1.54, 1.807) is 6.07 Å². The molecule has 1 aliphatic rings. The molecule has 1 aromatic heterocycles. The summed E-state index contributed by atoms with van der Waals surface area (Å²) in [6.45, 7) is 5.99. The minimum atomic E-state index is -0.00730. The Morgan fingerprint density at radius 2 is 1.84 bits per heavy atom. The van der Waals surface area contributed by atoms with Crippen molar-refractivity contribution in [3.8, 4) is 22.9 Å².